The lowest BCUT2D eigenvalue weighted by Gasteiger charge is -2.18. The quantitative estimate of drug-likeness (QED) is 0.654. The molecule has 1 atom stereocenters. The van der Waals surface area contributed by atoms with Gasteiger partial charge in [-0.3, -0.25) is 9.79 Å². The summed E-state index contributed by atoms with van der Waals surface area (Å²) < 4.78 is 24.8. The molecule has 0 bridgehead atoms. The van der Waals surface area contributed by atoms with E-state index in [1.165, 1.54) is 10.8 Å². The van der Waals surface area contributed by atoms with Crippen molar-refractivity contribution < 1.29 is 13.5 Å². The lowest BCUT2D eigenvalue weighted by Crippen LogP contribution is -2.22. The number of benzene rings is 2. The molecule has 1 fully saturated rings. The van der Waals surface area contributed by atoms with E-state index in [9.17, 15) is 18.3 Å². The van der Waals surface area contributed by atoms with Crippen LogP contribution in [0.2, 0.25) is 0 Å². The predicted octanol–water partition coefficient (Wildman–Crippen LogP) is 3.23. The highest BCUT2D eigenvalue weighted by molar-refractivity contribution is 7.91. The molecule has 1 unspecified atom stereocenters. The van der Waals surface area contributed by atoms with E-state index < -0.39 is 9.84 Å². The van der Waals surface area contributed by atoms with Gasteiger partial charge in [0.1, 0.15) is 0 Å². The zero-order valence-electron chi connectivity index (χ0n) is 17.2. The molecule has 1 aliphatic heterocycles. The molecule has 0 amide bonds. The van der Waals surface area contributed by atoms with Crippen LogP contribution < -0.4 is 5.56 Å². The Bertz CT molecular complexity index is 1330. The summed E-state index contributed by atoms with van der Waals surface area (Å²) in [5, 5.41) is 12.2. The summed E-state index contributed by atoms with van der Waals surface area (Å²) in [5.41, 5.74) is 3.58. The third-order valence-corrected chi connectivity index (χ3v) is 7.34. The molecule has 30 heavy (non-hydrogen) atoms. The fourth-order valence-electron chi connectivity index (χ4n) is 4.29. The number of fused-ring (bicyclic) bond motifs is 1. The monoisotopic (exact) mass is 424 g/mol. The molecule has 4 rings (SSSR count). The zero-order chi connectivity index (χ0) is 21.6. The molecule has 7 heteroatoms. The van der Waals surface area contributed by atoms with Crippen molar-refractivity contribution >= 4 is 26.8 Å². The smallest absolute Gasteiger partial charge is 0.265 e. The van der Waals surface area contributed by atoms with Crippen molar-refractivity contribution in [2.45, 2.75) is 33.2 Å². The Morgan fingerprint density at radius 2 is 1.73 bits per heavy atom. The first-order chi connectivity index (χ1) is 14.2. The SMILES string of the molecule is Cc1cc(C)c(-n2c(O)c(C=NC3CCS(=O)(=O)C3)c3ccccc3c2=O)c(C)c1. The summed E-state index contributed by atoms with van der Waals surface area (Å²) in [6.45, 7) is 5.81. The third kappa shape index (κ3) is 3.54. The van der Waals surface area contributed by atoms with Crippen molar-refractivity contribution in [1.29, 1.82) is 0 Å². The van der Waals surface area contributed by atoms with Gasteiger partial charge in [-0.2, -0.15) is 0 Å². The van der Waals surface area contributed by atoms with E-state index in [4.69, 9.17) is 0 Å². The van der Waals surface area contributed by atoms with Crippen LogP contribution in [0.4, 0.5) is 0 Å². The Balaban J connectivity index is 1.97. The van der Waals surface area contributed by atoms with Gasteiger partial charge in [0.15, 0.2) is 9.84 Å². The Kier molecular flexibility index (Phi) is 5.02. The third-order valence-electron chi connectivity index (χ3n) is 5.59. The Morgan fingerprint density at radius 3 is 2.33 bits per heavy atom. The van der Waals surface area contributed by atoms with Crippen molar-refractivity contribution in [3.63, 3.8) is 0 Å². The first-order valence-corrected chi connectivity index (χ1v) is 11.7. The van der Waals surface area contributed by atoms with E-state index in [1.807, 2.05) is 32.9 Å². The number of hydrogen-bond acceptors (Lipinski definition) is 5. The Hall–Kier alpha value is -2.93. The number of aromatic hydroxyl groups is 1. The number of aryl methyl sites for hydroxylation is 3. The first-order valence-electron chi connectivity index (χ1n) is 9.86. The predicted molar refractivity (Wildman–Crippen MR) is 120 cm³/mol. The second-order valence-electron chi connectivity index (χ2n) is 8.01. The van der Waals surface area contributed by atoms with Gasteiger partial charge in [-0.05, 0) is 44.4 Å². The minimum absolute atomic E-state index is 0.0119. The van der Waals surface area contributed by atoms with Crippen LogP contribution in [0.1, 0.15) is 28.7 Å². The number of hydrogen-bond donors (Lipinski definition) is 1. The Morgan fingerprint density at radius 1 is 1.10 bits per heavy atom. The van der Waals surface area contributed by atoms with Gasteiger partial charge in [-0.15, -0.1) is 0 Å². The molecule has 0 aliphatic carbocycles. The molecular formula is C23H24N2O4S. The van der Waals surface area contributed by atoms with E-state index >= 15 is 0 Å². The average Bonchev–Trinajstić information content (AvgIpc) is 3.02. The van der Waals surface area contributed by atoms with E-state index in [0.29, 0.717) is 28.4 Å². The second-order valence-corrected chi connectivity index (χ2v) is 10.2. The molecule has 156 valence electrons. The van der Waals surface area contributed by atoms with Crippen LogP contribution >= 0.6 is 0 Å². The minimum atomic E-state index is -3.06. The summed E-state index contributed by atoms with van der Waals surface area (Å²) in [5.74, 6) is -0.0561. The molecule has 0 spiro atoms. The van der Waals surface area contributed by atoms with Gasteiger partial charge in [0.05, 0.1) is 28.8 Å². The number of aromatic nitrogens is 1. The van der Waals surface area contributed by atoms with Crippen LogP contribution in [0.15, 0.2) is 46.2 Å². The maximum absolute atomic E-state index is 13.3. The highest BCUT2D eigenvalue weighted by Gasteiger charge is 2.27. The topological polar surface area (TPSA) is 88.7 Å². The van der Waals surface area contributed by atoms with E-state index in [2.05, 4.69) is 4.99 Å². The standard InChI is InChI=1S/C23H24N2O4S/c1-14-10-15(2)21(16(3)11-14)25-22(26)19-7-5-4-6-18(19)20(23(25)27)12-24-17-8-9-30(28,29)13-17/h4-7,10-12,17,27H,8-9,13H2,1-3H3. The van der Waals surface area contributed by atoms with Gasteiger partial charge in [0, 0.05) is 17.0 Å². The fourth-order valence-corrected chi connectivity index (χ4v) is 5.93. The highest BCUT2D eigenvalue weighted by atomic mass is 32.2. The highest BCUT2D eigenvalue weighted by Crippen LogP contribution is 2.29. The molecule has 0 saturated carbocycles. The van der Waals surface area contributed by atoms with Crippen molar-refractivity contribution in [2.75, 3.05) is 11.5 Å². The maximum atomic E-state index is 13.3. The lowest BCUT2D eigenvalue weighted by molar-refractivity contribution is 0.435. The van der Waals surface area contributed by atoms with Crippen molar-refractivity contribution in [1.82, 2.24) is 4.57 Å². The normalized spacial score (nSPS) is 18.4. The van der Waals surface area contributed by atoms with Crippen LogP contribution in [-0.4, -0.2) is 41.9 Å². The van der Waals surface area contributed by atoms with Crippen LogP contribution in [0, 0.1) is 20.8 Å². The lowest BCUT2D eigenvalue weighted by atomic mass is 10.0. The molecule has 3 aromatic rings. The van der Waals surface area contributed by atoms with Gasteiger partial charge in [-0.1, -0.05) is 35.9 Å². The summed E-state index contributed by atoms with van der Waals surface area (Å²) in [7, 11) is -3.06. The van der Waals surface area contributed by atoms with E-state index in [-0.39, 0.29) is 29.0 Å². The first kappa shape index (κ1) is 20.3. The van der Waals surface area contributed by atoms with E-state index in [0.717, 1.165) is 16.7 Å². The zero-order valence-corrected chi connectivity index (χ0v) is 18.0. The van der Waals surface area contributed by atoms with Gasteiger partial charge >= 0.3 is 0 Å². The maximum Gasteiger partial charge on any atom is 0.265 e. The molecule has 0 radical (unpaired) electrons. The number of nitrogens with zero attached hydrogens (tertiary/aromatic N) is 2. The van der Waals surface area contributed by atoms with Crippen LogP contribution in [0.3, 0.4) is 0 Å². The summed E-state index contributed by atoms with van der Waals surface area (Å²) >= 11 is 0. The van der Waals surface area contributed by atoms with Crippen LogP contribution in [0.5, 0.6) is 5.88 Å². The van der Waals surface area contributed by atoms with Crippen molar-refractivity contribution in [2.24, 2.45) is 4.99 Å². The molecule has 1 aromatic heterocycles. The number of aliphatic imine (C=N–C) groups is 1. The van der Waals surface area contributed by atoms with Gasteiger partial charge in [0.2, 0.25) is 5.88 Å². The summed E-state index contributed by atoms with van der Waals surface area (Å²) in [6, 6.07) is 10.7. The van der Waals surface area contributed by atoms with Gasteiger partial charge < -0.3 is 5.11 Å². The number of rotatable bonds is 3. The van der Waals surface area contributed by atoms with Gasteiger partial charge in [0.25, 0.3) is 5.56 Å². The van der Waals surface area contributed by atoms with Crippen molar-refractivity contribution in [3.05, 3.63) is 69.0 Å². The van der Waals surface area contributed by atoms with Gasteiger partial charge in [-0.25, -0.2) is 13.0 Å². The molecule has 1 N–H and O–H groups in total. The molecular weight excluding hydrogens is 400 g/mol. The molecule has 2 aromatic carbocycles. The van der Waals surface area contributed by atoms with Crippen LogP contribution in [0.25, 0.3) is 16.5 Å². The van der Waals surface area contributed by atoms with E-state index in [1.54, 1.807) is 24.3 Å². The Labute approximate surface area is 175 Å². The molecule has 1 aliphatic rings. The number of pyridine rings is 1. The molecule has 6 nitrogen and oxygen atoms in total. The van der Waals surface area contributed by atoms with Crippen molar-refractivity contribution in [3.8, 4) is 11.6 Å². The van der Waals surface area contributed by atoms with Crippen LogP contribution in [-0.2, 0) is 9.84 Å². The fraction of sp³-hybridized carbons (Fsp3) is 0.304. The summed E-state index contributed by atoms with van der Waals surface area (Å²) in [6.07, 6.45) is 1.98. The molecule has 1 saturated heterocycles. The summed E-state index contributed by atoms with van der Waals surface area (Å²) in [4.78, 5) is 17.8. The second kappa shape index (κ2) is 7.40. The number of sulfone groups is 1. The molecule has 2 heterocycles. The largest absolute Gasteiger partial charge is 0.494 e. The minimum Gasteiger partial charge on any atom is -0.494 e. The average molecular weight is 425 g/mol.